The van der Waals surface area contributed by atoms with Gasteiger partial charge < -0.3 is 15.4 Å². The molecule has 1 atom stereocenters. The van der Waals surface area contributed by atoms with E-state index in [0.717, 1.165) is 0 Å². The van der Waals surface area contributed by atoms with Crippen molar-refractivity contribution in [3.63, 3.8) is 0 Å². The van der Waals surface area contributed by atoms with Gasteiger partial charge in [0.15, 0.2) is 0 Å². The van der Waals surface area contributed by atoms with Crippen LogP contribution < -0.4 is 10.6 Å². The highest BCUT2D eigenvalue weighted by atomic mass is 16.6. The Hall–Kier alpha value is -0.770. The first-order chi connectivity index (χ1) is 7.78. The maximum Gasteiger partial charge on any atom is 0.407 e. The third kappa shape index (κ3) is 6.51. The molecule has 1 fully saturated rings. The van der Waals surface area contributed by atoms with Gasteiger partial charge in [0.25, 0.3) is 0 Å². The van der Waals surface area contributed by atoms with Gasteiger partial charge in [-0.3, -0.25) is 0 Å². The smallest absolute Gasteiger partial charge is 0.407 e. The highest BCUT2D eigenvalue weighted by Crippen LogP contribution is 2.20. The molecule has 1 aliphatic rings. The van der Waals surface area contributed by atoms with Crippen LogP contribution in [0.15, 0.2) is 0 Å². The van der Waals surface area contributed by atoms with E-state index in [1.807, 2.05) is 20.8 Å². The molecule has 2 N–H and O–H groups in total. The summed E-state index contributed by atoms with van der Waals surface area (Å²) in [7, 11) is 0. The molecule has 4 heteroatoms. The Morgan fingerprint density at radius 2 is 1.94 bits per heavy atom. The molecule has 17 heavy (non-hydrogen) atoms. The number of rotatable bonds is 5. The number of carbonyl (C=O) groups is 1. The van der Waals surface area contributed by atoms with Crippen LogP contribution in [-0.4, -0.2) is 30.3 Å². The minimum Gasteiger partial charge on any atom is -0.444 e. The number of nitrogens with one attached hydrogen (secondary N) is 2. The number of carbonyl (C=O) groups excluding carboxylic acids is 1. The zero-order valence-electron chi connectivity index (χ0n) is 11.7. The summed E-state index contributed by atoms with van der Waals surface area (Å²) < 4.78 is 5.21. The van der Waals surface area contributed by atoms with Crippen molar-refractivity contribution in [2.45, 2.75) is 65.1 Å². The zero-order chi connectivity index (χ0) is 13.1. The van der Waals surface area contributed by atoms with Crippen LogP contribution in [0.3, 0.4) is 0 Å². The van der Waals surface area contributed by atoms with Crippen LogP contribution in [-0.2, 0) is 4.74 Å². The number of ether oxygens (including phenoxy) is 1. The predicted molar refractivity (Wildman–Crippen MR) is 69.0 cm³/mol. The van der Waals surface area contributed by atoms with Crippen LogP contribution in [0.4, 0.5) is 4.79 Å². The molecule has 1 unspecified atom stereocenters. The van der Waals surface area contributed by atoms with E-state index in [1.54, 1.807) is 0 Å². The molecule has 0 aliphatic heterocycles. The summed E-state index contributed by atoms with van der Waals surface area (Å²) in [5.74, 6) is 0.505. The number of amides is 1. The summed E-state index contributed by atoms with van der Waals surface area (Å²) in [5, 5.41) is 6.37. The van der Waals surface area contributed by atoms with Crippen molar-refractivity contribution < 1.29 is 9.53 Å². The highest BCUT2D eigenvalue weighted by molar-refractivity contribution is 5.67. The normalized spacial score (nSPS) is 18.0. The second kappa shape index (κ2) is 5.71. The second-order valence-electron chi connectivity index (χ2n) is 6.17. The summed E-state index contributed by atoms with van der Waals surface area (Å²) in [4.78, 5) is 11.5. The molecule has 0 aromatic carbocycles. The largest absolute Gasteiger partial charge is 0.444 e. The molecule has 0 aromatic rings. The van der Waals surface area contributed by atoms with Crippen molar-refractivity contribution in [2.75, 3.05) is 6.54 Å². The van der Waals surface area contributed by atoms with Crippen LogP contribution in [0.5, 0.6) is 0 Å². The van der Waals surface area contributed by atoms with Crippen LogP contribution in [0.25, 0.3) is 0 Å². The zero-order valence-corrected chi connectivity index (χ0v) is 11.7. The summed E-state index contributed by atoms with van der Waals surface area (Å²) in [6, 6.07) is 0.984. The van der Waals surface area contributed by atoms with Crippen LogP contribution in [0, 0.1) is 5.92 Å². The van der Waals surface area contributed by atoms with E-state index in [9.17, 15) is 4.79 Å². The third-order valence-electron chi connectivity index (χ3n) is 2.70. The molecule has 0 heterocycles. The SMILES string of the molecule is CC(C)C(CNC(=O)OC(C)(C)C)NC1CC1. The van der Waals surface area contributed by atoms with Crippen molar-refractivity contribution in [1.82, 2.24) is 10.6 Å². The lowest BCUT2D eigenvalue weighted by Gasteiger charge is -2.24. The Balaban J connectivity index is 2.27. The Morgan fingerprint density at radius 3 is 2.35 bits per heavy atom. The molecule has 0 saturated heterocycles. The van der Waals surface area contributed by atoms with Crippen molar-refractivity contribution in [1.29, 1.82) is 0 Å². The number of hydrogen-bond acceptors (Lipinski definition) is 3. The Kier molecular flexibility index (Phi) is 4.80. The fraction of sp³-hybridized carbons (Fsp3) is 0.923. The lowest BCUT2D eigenvalue weighted by Crippen LogP contribution is -2.46. The van der Waals surface area contributed by atoms with Gasteiger partial charge >= 0.3 is 6.09 Å². The van der Waals surface area contributed by atoms with Crippen molar-refractivity contribution in [3.8, 4) is 0 Å². The molecule has 1 aliphatic carbocycles. The summed E-state index contributed by atoms with van der Waals surface area (Å²) in [6.07, 6.45) is 2.19. The van der Waals surface area contributed by atoms with Gasteiger partial charge in [0.1, 0.15) is 5.60 Å². The molecule has 0 aromatic heterocycles. The molecular weight excluding hydrogens is 216 g/mol. The van der Waals surface area contributed by atoms with Gasteiger partial charge in [-0.2, -0.15) is 0 Å². The molecule has 1 saturated carbocycles. The maximum absolute atomic E-state index is 11.5. The topological polar surface area (TPSA) is 50.4 Å². The number of alkyl carbamates (subject to hydrolysis) is 1. The highest BCUT2D eigenvalue weighted by Gasteiger charge is 2.26. The lowest BCUT2D eigenvalue weighted by atomic mass is 10.0. The van der Waals surface area contributed by atoms with Crippen molar-refractivity contribution >= 4 is 6.09 Å². The van der Waals surface area contributed by atoms with Crippen LogP contribution in [0.1, 0.15) is 47.5 Å². The van der Waals surface area contributed by atoms with Gasteiger partial charge in [0, 0.05) is 18.6 Å². The average Bonchev–Trinajstić information content (AvgIpc) is 2.92. The minimum absolute atomic E-state index is 0.329. The molecular formula is C13H26N2O2. The van der Waals surface area contributed by atoms with E-state index >= 15 is 0 Å². The van der Waals surface area contributed by atoms with Crippen LogP contribution >= 0.6 is 0 Å². The summed E-state index contributed by atoms with van der Waals surface area (Å²) in [5.41, 5.74) is -0.429. The molecule has 0 spiro atoms. The standard InChI is InChI=1S/C13H26N2O2/c1-9(2)11(15-10-6-7-10)8-14-12(16)17-13(3,4)5/h9-11,15H,6-8H2,1-5H3,(H,14,16). The maximum atomic E-state index is 11.5. The third-order valence-corrected chi connectivity index (χ3v) is 2.70. The van der Waals surface area contributed by atoms with Gasteiger partial charge in [-0.05, 0) is 39.5 Å². The van der Waals surface area contributed by atoms with Gasteiger partial charge in [-0.25, -0.2) is 4.79 Å². The Bertz CT molecular complexity index is 255. The van der Waals surface area contributed by atoms with E-state index in [0.29, 0.717) is 24.5 Å². The predicted octanol–water partition coefficient (Wildman–Crippen LogP) is 2.29. The fourth-order valence-corrected chi connectivity index (χ4v) is 1.55. The van der Waals surface area contributed by atoms with Gasteiger partial charge in [0.05, 0.1) is 0 Å². The molecule has 0 radical (unpaired) electrons. The molecule has 4 nitrogen and oxygen atoms in total. The Morgan fingerprint density at radius 1 is 1.35 bits per heavy atom. The van der Waals surface area contributed by atoms with Gasteiger partial charge in [-0.15, -0.1) is 0 Å². The number of hydrogen-bond donors (Lipinski definition) is 2. The molecule has 100 valence electrons. The van der Waals surface area contributed by atoms with E-state index < -0.39 is 5.60 Å². The van der Waals surface area contributed by atoms with Gasteiger partial charge in [-0.1, -0.05) is 13.8 Å². The van der Waals surface area contributed by atoms with E-state index in [-0.39, 0.29) is 6.09 Å². The first kappa shape index (κ1) is 14.3. The molecule has 1 rings (SSSR count). The molecule has 0 bridgehead atoms. The average molecular weight is 242 g/mol. The lowest BCUT2D eigenvalue weighted by molar-refractivity contribution is 0.0519. The van der Waals surface area contributed by atoms with Crippen molar-refractivity contribution in [2.24, 2.45) is 5.92 Å². The van der Waals surface area contributed by atoms with Crippen molar-refractivity contribution in [3.05, 3.63) is 0 Å². The van der Waals surface area contributed by atoms with Gasteiger partial charge in [0.2, 0.25) is 0 Å². The quantitative estimate of drug-likeness (QED) is 0.777. The van der Waals surface area contributed by atoms with E-state index in [4.69, 9.17) is 4.74 Å². The fourth-order valence-electron chi connectivity index (χ4n) is 1.55. The summed E-state index contributed by atoms with van der Waals surface area (Å²) >= 11 is 0. The minimum atomic E-state index is -0.429. The molecule has 1 amide bonds. The van der Waals surface area contributed by atoms with E-state index in [1.165, 1.54) is 12.8 Å². The Labute approximate surface area is 104 Å². The first-order valence-electron chi connectivity index (χ1n) is 6.51. The van der Waals surface area contributed by atoms with Crippen LogP contribution in [0.2, 0.25) is 0 Å². The first-order valence-corrected chi connectivity index (χ1v) is 6.51. The monoisotopic (exact) mass is 242 g/mol. The second-order valence-corrected chi connectivity index (χ2v) is 6.17. The summed E-state index contributed by atoms with van der Waals surface area (Å²) in [6.45, 7) is 10.6. The van der Waals surface area contributed by atoms with E-state index in [2.05, 4.69) is 24.5 Å².